The molecule has 0 radical (unpaired) electrons. The summed E-state index contributed by atoms with van der Waals surface area (Å²) in [5.74, 6) is -3.03. The predicted molar refractivity (Wildman–Crippen MR) is 70.0 cm³/mol. The summed E-state index contributed by atoms with van der Waals surface area (Å²) >= 11 is 3.43. The fourth-order valence-electron chi connectivity index (χ4n) is 2.25. The van der Waals surface area contributed by atoms with Crippen LogP contribution >= 0.6 is 15.9 Å². The second kappa shape index (κ2) is 5.63. The van der Waals surface area contributed by atoms with Crippen LogP contribution in [-0.4, -0.2) is 30.2 Å². The normalized spacial score (nSPS) is 19.7. The molecule has 2 rings (SSSR count). The third-order valence-corrected chi connectivity index (χ3v) is 3.77. The summed E-state index contributed by atoms with van der Waals surface area (Å²) in [5, 5.41) is 11.4. The van der Waals surface area contributed by atoms with E-state index in [-0.39, 0.29) is 6.04 Å². The van der Waals surface area contributed by atoms with Gasteiger partial charge in [-0.3, -0.25) is 0 Å². The van der Waals surface area contributed by atoms with Crippen LogP contribution in [0.25, 0.3) is 0 Å². The Bertz CT molecular complexity index is 425. The van der Waals surface area contributed by atoms with Crippen LogP contribution in [0.2, 0.25) is 0 Å². The molecule has 1 unspecified atom stereocenters. The molecule has 18 heavy (non-hydrogen) atoms. The zero-order valence-corrected chi connectivity index (χ0v) is 11.5. The summed E-state index contributed by atoms with van der Waals surface area (Å²) in [4.78, 5) is 0. The molecule has 1 aliphatic carbocycles. The summed E-state index contributed by atoms with van der Waals surface area (Å²) in [6.07, 6.45) is 2.52. The van der Waals surface area contributed by atoms with Crippen LogP contribution < -0.4 is 5.32 Å². The van der Waals surface area contributed by atoms with Crippen molar-refractivity contribution in [3.63, 3.8) is 0 Å². The molecular weight excluding hydrogens is 304 g/mol. The Hall–Kier alpha value is -0.520. The van der Waals surface area contributed by atoms with Crippen molar-refractivity contribution in [2.45, 2.75) is 31.2 Å². The van der Waals surface area contributed by atoms with Crippen LogP contribution in [0.15, 0.2) is 22.7 Å². The lowest BCUT2D eigenvalue weighted by molar-refractivity contribution is -0.0495. The number of aliphatic hydroxyl groups excluding tert-OH is 1. The lowest BCUT2D eigenvalue weighted by atomic mass is 9.88. The van der Waals surface area contributed by atoms with E-state index >= 15 is 0 Å². The Morgan fingerprint density at radius 3 is 2.89 bits per heavy atom. The molecule has 1 atom stereocenters. The zero-order valence-electron chi connectivity index (χ0n) is 9.93. The van der Waals surface area contributed by atoms with Gasteiger partial charge in [0.2, 0.25) is 0 Å². The van der Waals surface area contributed by atoms with Gasteiger partial charge in [0.1, 0.15) is 6.61 Å². The Morgan fingerprint density at radius 1 is 1.39 bits per heavy atom. The van der Waals surface area contributed by atoms with Gasteiger partial charge in [0.05, 0.1) is 6.54 Å². The third kappa shape index (κ3) is 3.49. The van der Waals surface area contributed by atoms with E-state index < -0.39 is 19.1 Å². The van der Waals surface area contributed by atoms with Gasteiger partial charge in [0.15, 0.2) is 0 Å². The average Bonchev–Trinajstić information content (AvgIpc) is 2.36. The van der Waals surface area contributed by atoms with Crippen LogP contribution in [0.3, 0.4) is 0 Å². The molecule has 2 nitrogen and oxygen atoms in total. The minimum absolute atomic E-state index is 0.0658. The van der Waals surface area contributed by atoms with Crippen molar-refractivity contribution >= 4 is 15.9 Å². The highest BCUT2D eigenvalue weighted by molar-refractivity contribution is 9.10. The second-order valence-electron chi connectivity index (χ2n) is 4.75. The van der Waals surface area contributed by atoms with E-state index in [2.05, 4.69) is 27.3 Å². The molecule has 0 saturated heterocycles. The molecule has 0 saturated carbocycles. The number of hydrogen-bond acceptors (Lipinski definition) is 2. The fraction of sp³-hybridized carbons (Fsp3) is 0.538. The van der Waals surface area contributed by atoms with E-state index in [0.29, 0.717) is 0 Å². The van der Waals surface area contributed by atoms with Crippen molar-refractivity contribution in [1.29, 1.82) is 0 Å². The van der Waals surface area contributed by atoms with Crippen LogP contribution in [-0.2, 0) is 12.8 Å². The average molecular weight is 320 g/mol. The fourth-order valence-corrected chi connectivity index (χ4v) is 2.66. The highest BCUT2D eigenvalue weighted by Crippen LogP contribution is 2.25. The van der Waals surface area contributed by atoms with Gasteiger partial charge in [-0.15, -0.1) is 0 Å². The number of nitrogens with one attached hydrogen (secondary N) is 1. The first-order valence-electron chi connectivity index (χ1n) is 5.99. The van der Waals surface area contributed by atoms with E-state index in [9.17, 15) is 8.78 Å². The Labute approximate surface area is 114 Å². The van der Waals surface area contributed by atoms with E-state index in [0.717, 1.165) is 23.7 Å². The Kier molecular flexibility index (Phi) is 4.35. The number of rotatable bonds is 4. The maximum atomic E-state index is 12.9. The van der Waals surface area contributed by atoms with E-state index in [1.165, 1.54) is 11.1 Å². The smallest absolute Gasteiger partial charge is 0.282 e. The summed E-state index contributed by atoms with van der Waals surface area (Å²) in [6.45, 7) is -1.56. The molecule has 0 amide bonds. The standard InChI is InChI=1S/C13H16BrF2NO/c14-11-3-1-10-6-12(4-2-9(10)5-11)17-7-13(15,16)8-18/h1,3,5,12,17-18H,2,4,6-8H2. The van der Waals surface area contributed by atoms with Gasteiger partial charge in [-0.2, -0.15) is 0 Å². The molecule has 1 aromatic rings. The van der Waals surface area contributed by atoms with Crippen molar-refractivity contribution in [3.05, 3.63) is 33.8 Å². The van der Waals surface area contributed by atoms with E-state index in [1.807, 2.05) is 12.1 Å². The lowest BCUT2D eigenvalue weighted by Crippen LogP contribution is -2.43. The minimum atomic E-state index is -3.03. The predicted octanol–water partition coefficient (Wildman–Crippen LogP) is 2.52. The number of aliphatic hydroxyl groups is 1. The minimum Gasteiger partial charge on any atom is -0.390 e. The van der Waals surface area contributed by atoms with Crippen LogP contribution in [0.5, 0.6) is 0 Å². The number of benzene rings is 1. The molecule has 100 valence electrons. The number of fused-ring (bicyclic) bond motifs is 1. The van der Waals surface area contributed by atoms with Crippen molar-refractivity contribution < 1.29 is 13.9 Å². The maximum Gasteiger partial charge on any atom is 0.282 e. The van der Waals surface area contributed by atoms with E-state index in [1.54, 1.807) is 0 Å². The van der Waals surface area contributed by atoms with Gasteiger partial charge in [0.25, 0.3) is 5.92 Å². The van der Waals surface area contributed by atoms with Crippen LogP contribution in [0.1, 0.15) is 17.5 Å². The molecule has 1 aromatic carbocycles. The van der Waals surface area contributed by atoms with Gasteiger partial charge >= 0.3 is 0 Å². The first kappa shape index (κ1) is 13.9. The van der Waals surface area contributed by atoms with Crippen LogP contribution in [0, 0.1) is 0 Å². The van der Waals surface area contributed by atoms with Gasteiger partial charge in [-0.25, -0.2) is 8.78 Å². The molecule has 0 aromatic heterocycles. The molecule has 0 aliphatic heterocycles. The lowest BCUT2D eigenvalue weighted by Gasteiger charge is -2.27. The largest absolute Gasteiger partial charge is 0.390 e. The summed E-state index contributed by atoms with van der Waals surface area (Å²) in [6, 6.07) is 6.17. The Balaban J connectivity index is 1.94. The molecule has 0 bridgehead atoms. The SMILES string of the molecule is OCC(F)(F)CNC1CCc2cc(Br)ccc2C1. The number of halogens is 3. The molecule has 5 heteroatoms. The van der Waals surface area contributed by atoms with Crippen LogP contribution in [0.4, 0.5) is 8.78 Å². The summed E-state index contributed by atoms with van der Waals surface area (Å²) in [7, 11) is 0. The molecule has 2 N–H and O–H groups in total. The van der Waals surface area contributed by atoms with Gasteiger partial charge in [0, 0.05) is 10.5 Å². The third-order valence-electron chi connectivity index (χ3n) is 3.28. The zero-order chi connectivity index (χ0) is 13.2. The second-order valence-corrected chi connectivity index (χ2v) is 5.66. The van der Waals surface area contributed by atoms with E-state index in [4.69, 9.17) is 5.11 Å². The number of hydrogen-bond donors (Lipinski definition) is 2. The highest BCUT2D eigenvalue weighted by Gasteiger charge is 2.29. The maximum absolute atomic E-state index is 12.9. The monoisotopic (exact) mass is 319 g/mol. The van der Waals surface area contributed by atoms with Crippen molar-refractivity contribution in [1.82, 2.24) is 5.32 Å². The first-order chi connectivity index (χ1) is 8.50. The molecule has 0 spiro atoms. The van der Waals surface area contributed by atoms with Crippen molar-refractivity contribution in [3.8, 4) is 0 Å². The number of alkyl halides is 2. The summed E-state index contributed by atoms with van der Waals surface area (Å²) < 4.78 is 26.9. The molecular formula is C13H16BrF2NO. The molecule has 0 fully saturated rings. The van der Waals surface area contributed by atoms with Gasteiger partial charge in [-0.1, -0.05) is 22.0 Å². The molecule has 0 heterocycles. The quantitative estimate of drug-likeness (QED) is 0.893. The summed E-state index contributed by atoms with van der Waals surface area (Å²) in [5.41, 5.74) is 2.51. The van der Waals surface area contributed by atoms with Gasteiger partial charge in [-0.05, 0) is 42.5 Å². The van der Waals surface area contributed by atoms with Gasteiger partial charge < -0.3 is 10.4 Å². The molecule has 1 aliphatic rings. The van der Waals surface area contributed by atoms with Crippen molar-refractivity contribution in [2.75, 3.05) is 13.2 Å². The topological polar surface area (TPSA) is 32.3 Å². The highest BCUT2D eigenvalue weighted by atomic mass is 79.9. The Morgan fingerprint density at radius 2 is 2.17 bits per heavy atom. The number of aryl methyl sites for hydroxylation is 1. The first-order valence-corrected chi connectivity index (χ1v) is 6.79. The van der Waals surface area contributed by atoms with Crippen molar-refractivity contribution in [2.24, 2.45) is 0 Å².